The average molecular weight is 333 g/mol. The molecule has 24 heavy (non-hydrogen) atoms. The predicted molar refractivity (Wildman–Crippen MR) is 89.0 cm³/mol. The molecule has 0 saturated heterocycles. The number of benzene rings is 2. The molecule has 5 heteroatoms. The second-order valence-electron chi connectivity index (χ2n) is 5.53. The Morgan fingerprint density at radius 2 is 1.79 bits per heavy atom. The molecule has 0 heterocycles. The quantitative estimate of drug-likeness (QED) is 0.760. The minimum absolute atomic E-state index is 0.00304. The molecule has 0 aliphatic heterocycles. The van der Waals surface area contributed by atoms with E-state index in [1.165, 1.54) is 12.1 Å². The van der Waals surface area contributed by atoms with Crippen LogP contribution in [-0.2, 0) is 17.8 Å². The third-order valence-corrected chi connectivity index (χ3v) is 3.86. The summed E-state index contributed by atoms with van der Waals surface area (Å²) in [5.74, 6) is 0.0942. The van der Waals surface area contributed by atoms with Crippen LogP contribution in [0.25, 0.3) is 0 Å². The van der Waals surface area contributed by atoms with Gasteiger partial charge in [0.05, 0.1) is 6.42 Å². The molecular weight excluding hydrogens is 312 g/mol. The van der Waals surface area contributed by atoms with Crippen LogP contribution in [0.1, 0.15) is 23.6 Å². The van der Waals surface area contributed by atoms with Crippen molar-refractivity contribution in [2.45, 2.75) is 33.4 Å². The van der Waals surface area contributed by atoms with E-state index in [2.05, 4.69) is 4.74 Å². The summed E-state index contributed by atoms with van der Waals surface area (Å²) in [4.78, 5) is 14.3. The van der Waals surface area contributed by atoms with Gasteiger partial charge in [-0.3, -0.25) is 4.79 Å². The molecule has 0 aliphatic rings. The van der Waals surface area contributed by atoms with E-state index in [9.17, 15) is 13.6 Å². The SMILES string of the molecule is CCN(Cc1ccccc1C)C(=O)Cc1ccc(OC(F)F)cc1. The number of carbonyl (C=O) groups excluding carboxylic acids is 1. The van der Waals surface area contributed by atoms with Crippen molar-refractivity contribution in [3.63, 3.8) is 0 Å². The minimum atomic E-state index is -2.85. The van der Waals surface area contributed by atoms with E-state index in [1.807, 2.05) is 38.1 Å². The van der Waals surface area contributed by atoms with Crippen LogP contribution in [-0.4, -0.2) is 24.0 Å². The molecule has 2 aromatic carbocycles. The highest BCUT2D eigenvalue weighted by molar-refractivity contribution is 5.78. The van der Waals surface area contributed by atoms with Gasteiger partial charge in [0.2, 0.25) is 5.91 Å². The van der Waals surface area contributed by atoms with Crippen molar-refractivity contribution in [1.29, 1.82) is 0 Å². The van der Waals surface area contributed by atoms with E-state index in [4.69, 9.17) is 0 Å². The maximum absolute atomic E-state index is 12.5. The van der Waals surface area contributed by atoms with Crippen molar-refractivity contribution < 1.29 is 18.3 Å². The van der Waals surface area contributed by atoms with Crippen LogP contribution in [0.15, 0.2) is 48.5 Å². The first-order valence-electron chi connectivity index (χ1n) is 7.85. The molecule has 0 saturated carbocycles. The number of ether oxygens (including phenoxy) is 1. The highest BCUT2D eigenvalue weighted by Crippen LogP contribution is 2.16. The molecule has 0 atom stereocenters. The van der Waals surface area contributed by atoms with Gasteiger partial charge in [-0.25, -0.2) is 0 Å². The molecule has 3 nitrogen and oxygen atoms in total. The van der Waals surface area contributed by atoms with E-state index in [1.54, 1.807) is 17.0 Å². The second kappa shape index (κ2) is 8.43. The molecule has 0 aliphatic carbocycles. The summed E-state index contributed by atoms with van der Waals surface area (Å²) in [6.07, 6.45) is 0.231. The highest BCUT2D eigenvalue weighted by Gasteiger charge is 2.14. The van der Waals surface area contributed by atoms with Crippen LogP contribution in [0.5, 0.6) is 5.75 Å². The largest absolute Gasteiger partial charge is 0.435 e. The van der Waals surface area contributed by atoms with Gasteiger partial charge in [0.15, 0.2) is 0 Å². The predicted octanol–water partition coefficient (Wildman–Crippen LogP) is 4.19. The Kier molecular flexibility index (Phi) is 6.29. The Bertz CT molecular complexity index is 671. The van der Waals surface area contributed by atoms with Gasteiger partial charge in [-0.2, -0.15) is 8.78 Å². The van der Waals surface area contributed by atoms with Crippen molar-refractivity contribution in [3.05, 3.63) is 65.2 Å². The third kappa shape index (κ3) is 5.05. The van der Waals surface area contributed by atoms with Crippen LogP contribution in [0, 0.1) is 6.92 Å². The molecule has 0 N–H and O–H groups in total. The van der Waals surface area contributed by atoms with Gasteiger partial charge >= 0.3 is 6.61 Å². The van der Waals surface area contributed by atoms with Gasteiger partial charge in [0, 0.05) is 13.1 Å². The summed E-state index contributed by atoms with van der Waals surface area (Å²) in [6, 6.07) is 14.1. The summed E-state index contributed by atoms with van der Waals surface area (Å²) < 4.78 is 28.6. The number of rotatable bonds is 7. The molecular formula is C19H21F2NO2. The first-order chi connectivity index (χ1) is 11.5. The van der Waals surface area contributed by atoms with Gasteiger partial charge in [-0.15, -0.1) is 0 Å². The van der Waals surface area contributed by atoms with Crippen LogP contribution in [0.4, 0.5) is 8.78 Å². The lowest BCUT2D eigenvalue weighted by molar-refractivity contribution is -0.130. The number of aryl methyl sites for hydroxylation is 1. The zero-order valence-electron chi connectivity index (χ0n) is 13.8. The monoisotopic (exact) mass is 333 g/mol. The average Bonchev–Trinajstić information content (AvgIpc) is 2.55. The Balaban J connectivity index is 2.00. The van der Waals surface area contributed by atoms with E-state index in [0.29, 0.717) is 13.1 Å². The highest BCUT2D eigenvalue weighted by atomic mass is 19.3. The van der Waals surface area contributed by atoms with E-state index in [-0.39, 0.29) is 18.1 Å². The Labute approximate surface area is 140 Å². The maximum Gasteiger partial charge on any atom is 0.387 e. The summed E-state index contributed by atoms with van der Waals surface area (Å²) in [5, 5.41) is 0. The van der Waals surface area contributed by atoms with E-state index < -0.39 is 6.61 Å². The topological polar surface area (TPSA) is 29.5 Å². The molecule has 2 rings (SSSR count). The normalized spacial score (nSPS) is 10.7. The van der Waals surface area contributed by atoms with Crippen LogP contribution in [0.3, 0.4) is 0 Å². The molecule has 0 fully saturated rings. The third-order valence-electron chi connectivity index (χ3n) is 3.86. The van der Waals surface area contributed by atoms with E-state index >= 15 is 0 Å². The van der Waals surface area contributed by atoms with Crippen molar-refractivity contribution in [1.82, 2.24) is 4.90 Å². The Morgan fingerprint density at radius 1 is 1.12 bits per heavy atom. The van der Waals surface area contributed by atoms with Gasteiger partial charge in [-0.05, 0) is 42.7 Å². The van der Waals surface area contributed by atoms with Crippen LogP contribution >= 0.6 is 0 Å². The number of carbonyl (C=O) groups is 1. The summed E-state index contributed by atoms with van der Waals surface area (Å²) in [7, 11) is 0. The number of likely N-dealkylation sites (N-methyl/N-ethyl adjacent to an activating group) is 1. The van der Waals surface area contributed by atoms with Gasteiger partial charge in [0.25, 0.3) is 0 Å². The molecule has 0 aromatic heterocycles. The summed E-state index contributed by atoms with van der Waals surface area (Å²) in [5.41, 5.74) is 3.04. The van der Waals surface area contributed by atoms with Crippen LogP contribution < -0.4 is 4.74 Å². The Hall–Kier alpha value is -2.43. The fourth-order valence-electron chi connectivity index (χ4n) is 2.44. The first kappa shape index (κ1) is 17.9. The summed E-state index contributed by atoms with van der Waals surface area (Å²) in [6.45, 7) is 2.29. The zero-order valence-corrected chi connectivity index (χ0v) is 13.8. The number of amides is 1. The fraction of sp³-hybridized carbons (Fsp3) is 0.316. The molecule has 0 radical (unpaired) electrons. The summed E-state index contributed by atoms with van der Waals surface area (Å²) >= 11 is 0. The van der Waals surface area contributed by atoms with Crippen molar-refractivity contribution in [3.8, 4) is 5.75 Å². The molecule has 1 amide bonds. The van der Waals surface area contributed by atoms with Crippen molar-refractivity contribution in [2.24, 2.45) is 0 Å². The molecule has 0 unspecified atom stereocenters. The molecule has 128 valence electrons. The molecule has 2 aromatic rings. The fourth-order valence-corrected chi connectivity index (χ4v) is 2.44. The van der Waals surface area contributed by atoms with Crippen LogP contribution in [0.2, 0.25) is 0 Å². The minimum Gasteiger partial charge on any atom is -0.435 e. The smallest absolute Gasteiger partial charge is 0.387 e. The lowest BCUT2D eigenvalue weighted by Crippen LogP contribution is -2.31. The lowest BCUT2D eigenvalue weighted by Gasteiger charge is -2.22. The van der Waals surface area contributed by atoms with Crippen molar-refractivity contribution in [2.75, 3.05) is 6.54 Å². The number of hydrogen-bond acceptors (Lipinski definition) is 2. The van der Waals surface area contributed by atoms with Crippen molar-refractivity contribution >= 4 is 5.91 Å². The number of nitrogens with zero attached hydrogens (tertiary/aromatic N) is 1. The van der Waals surface area contributed by atoms with Gasteiger partial charge in [0.1, 0.15) is 5.75 Å². The zero-order chi connectivity index (χ0) is 17.5. The van der Waals surface area contributed by atoms with E-state index in [0.717, 1.165) is 16.7 Å². The number of alkyl halides is 2. The number of halogens is 2. The Morgan fingerprint density at radius 3 is 2.38 bits per heavy atom. The number of hydrogen-bond donors (Lipinski definition) is 0. The van der Waals surface area contributed by atoms with Gasteiger partial charge < -0.3 is 9.64 Å². The molecule has 0 bridgehead atoms. The first-order valence-corrected chi connectivity index (χ1v) is 7.85. The second-order valence-corrected chi connectivity index (χ2v) is 5.53. The molecule has 0 spiro atoms. The van der Waals surface area contributed by atoms with Gasteiger partial charge in [-0.1, -0.05) is 36.4 Å². The lowest BCUT2D eigenvalue weighted by atomic mass is 10.1. The standard InChI is InChI=1S/C19H21F2NO2/c1-3-22(13-16-7-5-4-6-14(16)2)18(23)12-15-8-10-17(11-9-15)24-19(20)21/h4-11,19H,3,12-13H2,1-2H3. The maximum atomic E-state index is 12.5.